The smallest absolute Gasteiger partial charge is 0.333 e. The fraction of sp³-hybridized carbons (Fsp3) is 0.391. The number of rotatable bonds is 11. The van der Waals surface area contributed by atoms with Crippen LogP contribution in [0, 0.1) is 5.41 Å². The average Bonchev–Trinajstić information content (AvgIpc) is 2.71. The molecule has 0 fully saturated rings. The maximum absolute atomic E-state index is 12.8. The van der Waals surface area contributed by atoms with Crippen molar-refractivity contribution in [2.75, 3.05) is 18.5 Å². The third-order valence-electron chi connectivity index (χ3n) is 4.38. The normalized spacial score (nSPS) is 11.4. The number of benzene rings is 2. The van der Waals surface area contributed by atoms with Gasteiger partial charge in [0.05, 0.1) is 13.2 Å². The highest BCUT2D eigenvalue weighted by atomic mass is 35.5. The van der Waals surface area contributed by atoms with Crippen molar-refractivity contribution in [2.45, 2.75) is 46.3 Å². The van der Waals surface area contributed by atoms with E-state index >= 15 is 0 Å². The van der Waals surface area contributed by atoms with Crippen LogP contribution in [0.2, 0.25) is 0 Å². The van der Waals surface area contributed by atoms with Crippen molar-refractivity contribution in [3.05, 3.63) is 59.2 Å². The number of amidine groups is 1. The van der Waals surface area contributed by atoms with Crippen LogP contribution in [0.15, 0.2) is 42.5 Å². The fourth-order valence-corrected chi connectivity index (χ4v) is 2.94. The van der Waals surface area contributed by atoms with Crippen LogP contribution < -0.4 is 21.1 Å². The fourth-order valence-electron chi connectivity index (χ4n) is 2.94. The van der Waals surface area contributed by atoms with Gasteiger partial charge in [0.2, 0.25) is 0 Å². The lowest BCUT2D eigenvalue weighted by molar-refractivity contribution is -0.144. The van der Waals surface area contributed by atoms with Gasteiger partial charge in [-0.1, -0.05) is 19.9 Å². The summed E-state index contributed by atoms with van der Waals surface area (Å²) in [4.78, 5) is 12.8. The molecule has 31 heavy (non-hydrogen) atoms. The zero-order valence-electron chi connectivity index (χ0n) is 18.5. The number of ether oxygens (including phenoxy) is 2. The number of anilines is 1. The summed E-state index contributed by atoms with van der Waals surface area (Å²) in [5.41, 5.74) is 8.65. The minimum atomic E-state index is -0.702. The Balaban J connectivity index is 0.00000480. The molecule has 170 valence electrons. The zero-order valence-corrected chi connectivity index (χ0v) is 19.3. The zero-order chi connectivity index (χ0) is 22.1. The SMILES string of the molecule is CCOC(=O)C(Nc1ccc(C(=N)N)cc1)c1cc(CNC(C)C)cc(OCC)c1.Cl. The van der Waals surface area contributed by atoms with Crippen LogP contribution in [0.4, 0.5) is 5.69 Å². The Bertz CT molecular complexity index is 856. The van der Waals surface area contributed by atoms with E-state index in [1.807, 2.05) is 25.1 Å². The second-order valence-electron chi connectivity index (χ2n) is 7.20. The van der Waals surface area contributed by atoms with E-state index in [4.69, 9.17) is 20.6 Å². The van der Waals surface area contributed by atoms with Gasteiger partial charge in [0.25, 0.3) is 0 Å². The summed E-state index contributed by atoms with van der Waals surface area (Å²) < 4.78 is 11.0. The first-order valence-electron chi connectivity index (χ1n) is 10.2. The molecule has 0 aliphatic carbocycles. The van der Waals surface area contributed by atoms with Crippen molar-refractivity contribution in [3.8, 4) is 5.75 Å². The lowest BCUT2D eigenvalue weighted by Crippen LogP contribution is -2.25. The van der Waals surface area contributed by atoms with E-state index in [0.717, 1.165) is 16.8 Å². The van der Waals surface area contributed by atoms with Crippen molar-refractivity contribution < 1.29 is 14.3 Å². The van der Waals surface area contributed by atoms with Crippen molar-refractivity contribution in [2.24, 2.45) is 5.73 Å². The average molecular weight is 449 g/mol. The molecule has 0 bridgehead atoms. The first-order valence-corrected chi connectivity index (χ1v) is 10.2. The molecule has 1 atom stereocenters. The molecular formula is C23H33ClN4O3. The molecule has 0 aromatic heterocycles. The van der Waals surface area contributed by atoms with Crippen LogP contribution in [0.1, 0.15) is 50.4 Å². The summed E-state index contributed by atoms with van der Waals surface area (Å²) in [6.07, 6.45) is 0. The number of halogens is 1. The van der Waals surface area contributed by atoms with E-state index in [0.29, 0.717) is 30.5 Å². The van der Waals surface area contributed by atoms with Crippen LogP contribution >= 0.6 is 12.4 Å². The van der Waals surface area contributed by atoms with E-state index in [9.17, 15) is 4.79 Å². The third kappa shape index (κ3) is 8.11. The van der Waals surface area contributed by atoms with Gasteiger partial charge in [-0.3, -0.25) is 5.41 Å². The summed E-state index contributed by atoms with van der Waals surface area (Å²) in [6.45, 7) is 9.36. The quantitative estimate of drug-likeness (QED) is 0.235. The van der Waals surface area contributed by atoms with E-state index in [-0.39, 0.29) is 30.8 Å². The van der Waals surface area contributed by atoms with E-state index in [1.165, 1.54) is 0 Å². The van der Waals surface area contributed by atoms with Crippen molar-refractivity contribution in [3.63, 3.8) is 0 Å². The monoisotopic (exact) mass is 448 g/mol. The van der Waals surface area contributed by atoms with Gasteiger partial charge in [0.15, 0.2) is 6.04 Å². The molecule has 2 rings (SSSR count). The first-order chi connectivity index (χ1) is 14.3. The molecule has 1 unspecified atom stereocenters. The molecule has 0 aliphatic rings. The molecule has 0 amide bonds. The maximum Gasteiger partial charge on any atom is 0.333 e. The number of nitrogens with one attached hydrogen (secondary N) is 3. The molecule has 0 spiro atoms. The summed E-state index contributed by atoms with van der Waals surface area (Å²) >= 11 is 0. The minimum Gasteiger partial charge on any atom is -0.494 e. The standard InChI is InChI=1S/C23H32N4O3.ClH/c1-5-29-20-12-16(14-26-15(3)4)11-18(13-20)21(23(28)30-6-2)27-19-9-7-17(8-10-19)22(24)25;/h7-13,15,21,26-27H,5-6,14H2,1-4H3,(H3,24,25);1H. The largest absolute Gasteiger partial charge is 0.494 e. The molecule has 0 heterocycles. The molecule has 5 N–H and O–H groups in total. The highest BCUT2D eigenvalue weighted by Crippen LogP contribution is 2.27. The number of nitrogens with two attached hydrogens (primary N) is 1. The number of esters is 1. The van der Waals surface area contributed by atoms with Gasteiger partial charge < -0.3 is 25.8 Å². The van der Waals surface area contributed by atoms with Gasteiger partial charge in [-0.05, 0) is 61.4 Å². The Morgan fingerprint density at radius 2 is 1.77 bits per heavy atom. The second kappa shape index (κ2) is 12.8. The number of hydrogen-bond acceptors (Lipinski definition) is 6. The van der Waals surface area contributed by atoms with E-state index in [2.05, 4.69) is 24.5 Å². The molecule has 7 nitrogen and oxygen atoms in total. The summed E-state index contributed by atoms with van der Waals surface area (Å²) in [7, 11) is 0. The molecular weight excluding hydrogens is 416 g/mol. The summed E-state index contributed by atoms with van der Waals surface area (Å²) in [5.74, 6) is 0.332. The van der Waals surface area contributed by atoms with Crippen molar-refractivity contribution in [1.82, 2.24) is 5.32 Å². The number of carbonyl (C=O) groups excluding carboxylic acids is 1. The summed E-state index contributed by atoms with van der Waals surface area (Å²) in [6, 6.07) is 12.5. The van der Waals surface area contributed by atoms with Crippen molar-refractivity contribution >= 4 is 29.9 Å². The Labute approximate surface area is 190 Å². The molecule has 8 heteroatoms. The molecule has 0 aliphatic heterocycles. The number of hydrogen-bond donors (Lipinski definition) is 4. The molecule has 0 saturated heterocycles. The topological polar surface area (TPSA) is 109 Å². The number of nitrogen functional groups attached to an aromatic ring is 1. The Morgan fingerprint density at radius 3 is 2.32 bits per heavy atom. The minimum absolute atomic E-state index is 0. The van der Waals surface area contributed by atoms with Crippen LogP contribution in [0.25, 0.3) is 0 Å². The maximum atomic E-state index is 12.8. The van der Waals surface area contributed by atoms with Crippen LogP contribution in [-0.4, -0.2) is 31.1 Å². The van der Waals surface area contributed by atoms with Gasteiger partial charge in [-0.25, -0.2) is 4.79 Å². The van der Waals surface area contributed by atoms with Gasteiger partial charge in [0, 0.05) is 23.8 Å². The van der Waals surface area contributed by atoms with E-state index in [1.54, 1.807) is 31.2 Å². The van der Waals surface area contributed by atoms with Crippen LogP contribution in [0.5, 0.6) is 5.75 Å². The number of carbonyl (C=O) groups is 1. The predicted molar refractivity (Wildman–Crippen MR) is 127 cm³/mol. The summed E-state index contributed by atoms with van der Waals surface area (Å²) in [5, 5.41) is 14.2. The van der Waals surface area contributed by atoms with Gasteiger partial charge >= 0.3 is 5.97 Å². The molecule has 0 radical (unpaired) electrons. The molecule has 0 saturated carbocycles. The molecule has 2 aromatic rings. The third-order valence-corrected chi connectivity index (χ3v) is 4.38. The predicted octanol–water partition coefficient (Wildman–Crippen LogP) is 4.01. The van der Waals surface area contributed by atoms with Gasteiger partial charge in [-0.15, -0.1) is 12.4 Å². The Hall–Kier alpha value is -2.77. The van der Waals surface area contributed by atoms with E-state index < -0.39 is 6.04 Å². The van der Waals surface area contributed by atoms with Gasteiger partial charge in [-0.2, -0.15) is 0 Å². The van der Waals surface area contributed by atoms with Crippen molar-refractivity contribution in [1.29, 1.82) is 5.41 Å². The van der Waals surface area contributed by atoms with Crippen LogP contribution in [0.3, 0.4) is 0 Å². The lowest BCUT2D eigenvalue weighted by Gasteiger charge is -2.21. The highest BCUT2D eigenvalue weighted by Gasteiger charge is 2.23. The second-order valence-corrected chi connectivity index (χ2v) is 7.20. The lowest BCUT2D eigenvalue weighted by atomic mass is 10.0. The molecule has 2 aromatic carbocycles. The highest BCUT2D eigenvalue weighted by molar-refractivity contribution is 5.95. The van der Waals surface area contributed by atoms with Gasteiger partial charge in [0.1, 0.15) is 11.6 Å². The first kappa shape index (κ1) is 26.3. The Kier molecular flexibility index (Phi) is 10.9. The Morgan fingerprint density at radius 1 is 1.10 bits per heavy atom. The van der Waals surface area contributed by atoms with Crippen LogP contribution in [-0.2, 0) is 16.1 Å².